The van der Waals surface area contributed by atoms with E-state index >= 15 is 0 Å². The van der Waals surface area contributed by atoms with Crippen molar-refractivity contribution >= 4 is 11.6 Å². The number of hydrogen-bond donors (Lipinski definition) is 0. The van der Waals surface area contributed by atoms with Gasteiger partial charge in [0.15, 0.2) is 11.6 Å². The van der Waals surface area contributed by atoms with Crippen LogP contribution in [0.15, 0.2) is 61.7 Å². The Balaban J connectivity index is 0. The van der Waals surface area contributed by atoms with Crippen molar-refractivity contribution in [2.75, 3.05) is 7.11 Å². The molecule has 0 atom stereocenters. The van der Waals surface area contributed by atoms with Crippen LogP contribution in [0.5, 0.6) is 17.2 Å². The highest BCUT2D eigenvalue weighted by Crippen LogP contribution is 2.31. The van der Waals surface area contributed by atoms with E-state index in [2.05, 4.69) is 13.2 Å². The first-order chi connectivity index (χ1) is 12.5. The first-order valence-electron chi connectivity index (χ1n) is 8.52. The number of methoxy groups -OCH3 is 1. The Kier molecular flexibility index (Phi) is 16.2. The van der Waals surface area contributed by atoms with Gasteiger partial charge in [-0.05, 0) is 30.7 Å². The Bertz CT molecular complexity index is 649. The van der Waals surface area contributed by atoms with Gasteiger partial charge >= 0.3 is 0 Å². The van der Waals surface area contributed by atoms with Crippen molar-refractivity contribution in [3.63, 3.8) is 0 Å². The third-order valence-corrected chi connectivity index (χ3v) is 2.85. The van der Waals surface area contributed by atoms with Crippen molar-refractivity contribution in [1.82, 2.24) is 0 Å². The molecule has 0 bridgehead atoms. The summed E-state index contributed by atoms with van der Waals surface area (Å²) in [5.41, 5.74) is 0.529. The number of rotatable bonds is 4. The number of benzene rings is 2. The van der Waals surface area contributed by atoms with E-state index in [0.29, 0.717) is 22.1 Å². The van der Waals surface area contributed by atoms with Crippen LogP contribution in [-0.4, -0.2) is 7.11 Å². The molecule has 0 saturated heterocycles. The van der Waals surface area contributed by atoms with E-state index in [1.807, 2.05) is 27.7 Å². The molecule has 0 N–H and O–H groups in total. The van der Waals surface area contributed by atoms with E-state index in [1.54, 1.807) is 55.5 Å². The molecule has 0 radical (unpaired) electrons. The van der Waals surface area contributed by atoms with Gasteiger partial charge < -0.3 is 9.47 Å². The molecule has 0 saturated carbocycles. The highest BCUT2D eigenvalue weighted by atomic mass is 35.5. The minimum Gasteiger partial charge on any atom is -0.497 e. The lowest BCUT2D eigenvalue weighted by atomic mass is 10.2. The van der Waals surface area contributed by atoms with Gasteiger partial charge in [-0.1, -0.05) is 76.7 Å². The van der Waals surface area contributed by atoms with Gasteiger partial charge in [-0.3, -0.25) is 0 Å². The zero-order valence-electron chi connectivity index (χ0n) is 16.6. The molecule has 26 heavy (non-hydrogen) atoms. The van der Waals surface area contributed by atoms with Gasteiger partial charge in [0.2, 0.25) is 0 Å². The Hall–Kier alpha value is -2.26. The van der Waals surface area contributed by atoms with Crippen LogP contribution < -0.4 is 9.47 Å². The molecule has 0 aliphatic heterocycles. The molecule has 0 aliphatic rings. The second-order valence-corrected chi connectivity index (χ2v) is 4.72. The Labute approximate surface area is 162 Å². The van der Waals surface area contributed by atoms with E-state index in [4.69, 9.17) is 21.1 Å². The maximum Gasteiger partial charge on any atom is 0.168 e. The molecule has 2 aromatic rings. The van der Waals surface area contributed by atoms with Crippen LogP contribution in [0.25, 0.3) is 0 Å². The summed E-state index contributed by atoms with van der Waals surface area (Å²) in [6.45, 7) is 16.4. The van der Waals surface area contributed by atoms with Crippen molar-refractivity contribution in [2.45, 2.75) is 34.6 Å². The average Bonchev–Trinajstić information content (AvgIpc) is 2.68. The minimum atomic E-state index is -0.378. The average molecular weight is 381 g/mol. The number of halogens is 2. The molecule has 2 rings (SSSR count). The predicted octanol–water partition coefficient (Wildman–Crippen LogP) is 8.00. The molecule has 0 amide bonds. The van der Waals surface area contributed by atoms with Crippen LogP contribution in [0.1, 0.15) is 33.3 Å². The fourth-order valence-electron chi connectivity index (χ4n) is 1.54. The molecule has 0 unspecified atom stereocenters. The Morgan fingerprint density at radius 1 is 0.962 bits per heavy atom. The SMILES string of the molecule is C=CC=C.CC.CC.COc1cc(Cl)cc(Oc2cccc(C)c2F)c1. The van der Waals surface area contributed by atoms with Gasteiger partial charge in [0.1, 0.15) is 11.5 Å². The molecule has 0 spiro atoms. The normalized spacial score (nSPS) is 8.31. The van der Waals surface area contributed by atoms with Crippen LogP contribution in [0, 0.1) is 12.7 Å². The monoisotopic (exact) mass is 380 g/mol. The summed E-state index contributed by atoms with van der Waals surface area (Å²) in [7, 11) is 1.53. The summed E-state index contributed by atoms with van der Waals surface area (Å²) < 4.78 is 24.3. The lowest BCUT2D eigenvalue weighted by molar-refractivity contribution is 0.405. The van der Waals surface area contributed by atoms with Gasteiger partial charge in [-0.25, -0.2) is 4.39 Å². The largest absolute Gasteiger partial charge is 0.497 e. The van der Waals surface area contributed by atoms with Crippen molar-refractivity contribution in [2.24, 2.45) is 0 Å². The van der Waals surface area contributed by atoms with E-state index in [1.165, 1.54) is 7.11 Å². The summed E-state index contributed by atoms with van der Waals surface area (Å²) in [4.78, 5) is 0. The first kappa shape index (κ1) is 26.0. The summed E-state index contributed by atoms with van der Waals surface area (Å²) in [5.74, 6) is 0.783. The Morgan fingerprint density at radius 3 is 2.00 bits per heavy atom. The highest BCUT2D eigenvalue weighted by molar-refractivity contribution is 6.30. The molecule has 2 aromatic carbocycles. The third kappa shape index (κ3) is 9.90. The molecule has 0 aliphatic carbocycles. The van der Waals surface area contributed by atoms with Crippen LogP contribution in [0.4, 0.5) is 4.39 Å². The Morgan fingerprint density at radius 2 is 1.50 bits per heavy atom. The smallest absolute Gasteiger partial charge is 0.168 e. The second-order valence-electron chi connectivity index (χ2n) is 4.29. The van der Waals surface area contributed by atoms with Crippen LogP contribution in [0.2, 0.25) is 5.02 Å². The lowest BCUT2D eigenvalue weighted by Gasteiger charge is -2.10. The maximum absolute atomic E-state index is 13.8. The highest BCUT2D eigenvalue weighted by Gasteiger charge is 2.08. The number of hydrogen-bond acceptors (Lipinski definition) is 2. The molecule has 0 heterocycles. The van der Waals surface area contributed by atoms with Crippen LogP contribution in [-0.2, 0) is 0 Å². The lowest BCUT2D eigenvalue weighted by Crippen LogP contribution is -1.91. The van der Waals surface area contributed by atoms with Gasteiger partial charge in [-0.15, -0.1) is 0 Å². The van der Waals surface area contributed by atoms with Crippen LogP contribution >= 0.6 is 11.6 Å². The quantitative estimate of drug-likeness (QED) is 0.500. The molecule has 144 valence electrons. The molecular formula is C22H30ClFO2. The van der Waals surface area contributed by atoms with Gasteiger partial charge in [0, 0.05) is 11.1 Å². The number of aryl methyl sites for hydroxylation is 1. The van der Waals surface area contributed by atoms with Crippen molar-refractivity contribution in [3.05, 3.63) is 78.1 Å². The standard InChI is InChI=1S/C14H12ClFO2.C4H6.2C2H6/c1-9-4-3-5-13(14(9)16)18-12-7-10(15)6-11(8-12)17-2;1-3-4-2;2*1-2/h3-8H,1-2H3;3-4H,1-2H2;2*1-2H3. The molecular weight excluding hydrogens is 351 g/mol. The predicted molar refractivity (Wildman–Crippen MR) is 112 cm³/mol. The zero-order valence-corrected chi connectivity index (χ0v) is 17.4. The fourth-order valence-corrected chi connectivity index (χ4v) is 1.76. The molecule has 2 nitrogen and oxygen atoms in total. The second kappa shape index (κ2) is 16.2. The zero-order chi connectivity index (χ0) is 20.5. The number of allylic oxidation sites excluding steroid dienone is 2. The van der Waals surface area contributed by atoms with E-state index < -0.39 is 0 Å². The fraction of sp³-hybridized carbons (Fsp3) is 0.273. The van der Waals surface area contributed by atoms with Crippen molar-refractivity contribution in [3.8, 4) is 17.2 Å². The summed E-state index contributed by atoms with van der Waals surface area (Å²) in [6.07, 6.45) is 3.28. The van der Waals surface area contributed by atoms with E-state index in [-0.39, 0.29) is 11.6 Å². The van der Waals surface area contributed by atoms with Gasteiger partial charge in [0.05, 0.1) is 7.11 Å². The molecule has 0 aromatic heterocycles. The summed E-state index contributed by atoms with van der Waals surface area (Å²) >= 11 is 5.91. The topological polar surface area (TPSA) is 18.5 Å². The molecule has 0 fully saturated rings. The van der Waals surface area contributed by atoms with E-state index in [9.17, 15) is 4.39 Å². The minimum absolute atomic E-state index is 0.166. The van der Waals surface area contributed by atoms with Crippen molar-refractivity contribution < 1.29 is 13.9 Å². The summed E-state index contributed by atoms with van der Waals surface area (Å²) in [6, 6.07) is 9.88. The summed E-state index contributed by atoms with van der Waals surface area (Å²) in [5, 5.41) is 0.470. The number of ether oxygens (including phenoxy) is 2. The van der Waals surface area contributed by atoms with E-state index in [0.717, 1.165) is 0 Å². The van der Waals surface area contributed by atoms with Gasteiger partial charge in [0.25, 0.3) is 0 Å². The first-order valence-corrected chi connectivity index (χ1v) is 8.90. The van der Waals surface area contributed by atoms with Gasteiger partial charge in [-0.2, -0.15) is 0 Å². The van der Waals surface area contributed by atoms with Crippen molar-refractivity contribution in [1.29, 1.82) is 0 Å². The van der Waals surface area contributed by atoms with Crippen LogP contribution in [0.3, 0.4) is 0 Å². The third-order valence-electron chi connectivity index (χ3n) is 2.63. The molecule has 4 heteroatoms. The maximum atomic E-state index is 13.8.